The SMILES string of the molecule is O=C(Nc1c(-c2ccc(F)cc2)nc2sccn12)C1CC(=O)N(c2ccccc2F)C1. The number of aromatic nitrogens is 2. The molecule has 1 unspecified atom stereocenters. The molecule has 5 rings (SSSR count). The second-order valence-electron chi connectivity index (χ2n) is 7.22. The first kappa shape index (κ1) is 19.4. The van der Waals surface area contributed by atoms with Gasteiger partial charge in [-0.2, -0.15) is 0 Å². The number of imidazole rings is 1. The average Bonchev–Trinajstić information content (AvgIpc) is 3.45. The lowest BCUT2D eigenvalue weighted by Crippen LogP contribution is -2.29. The topological polar surface area (TPSA) is 66.7 Å². The lowest BCUT2D eigenvalue weighted by molar-refractivity contribution is -0.122. The molecule has 1 atom stereocenters. The predicted molar refractivity (Wildman–Crippen MR) is 114 cm³/mol. The highest BCUT2D eigenvalue weighted by Gasteiger charge is 2.36. The van der Waals surface area contributed by atoms with E-state index in [0.717, 1.165) is 0 Å². The number of hydrogen-bond acceptors (Lipinski definition) is 4. The smallest absolute Gasteiger partial charge is 0.230 e. The maximum absolute atomic E-state index is 14.1. The molecule has 31 heavy (non-hydrogen) atoms. The van der Waals surface area contributed by atoms with Gasteiger partial charge < -0.3 is 10.2 Å². The van der Waals surface area contributed by atoms with Crippen molar-refractivity contribution in [3.63, 3.8) is 0 Å². The molecule has 1 aliphatic rings. The first-order chi connectivity index (χ1) is 15.0. The van der Waals surface area contributed by atoms with E-state index < -0.39 is 11.7 Å². The maximum Gasteiger partial charge on any atom is 0.230 e. The van der Waals surface area contributed by atoms with Crippen molar-refractivity contribution in [3.8, 4) is 11.3 Å². The molecule has 0 spiro atoms. The van der Waals surface area contributed by atoms with E-state index >= 15 is 0 Å². The number of thiazole rings is 1. The molecule has 2 amide bonds. The van der Waals surface area contributed by atoms with E-state index in [-0.39, 0.29) is 36.3 Å². The zero-order valence-corrected chi connectivity index (χ0v) is 16.9. The second-order valence-corrected chi connectivity index (χ2v) is 8.09. The summed E-state index contributed by atoms with van der Waals surface area (Å²) in [5.74, 6) is -1.73. The minimum absolute atomic E-state index is 0.0162. The van der Waals surface area contributed by atoms with Crippen LogP contribution in [-0.4, -0.2) is 27.7 Å². The number of carbonyl (C=O) groups excluding carboxylic acids is 2. The van der Waals surface area contributed by atoms with Gasteiger partial charge in [0.2, 0.25) is 11.8 Å². The Kier molecular flexibility index (Phi) is 4.74. The highest BCUT2D eigenvalue weighted by atomic mass is 32.1. The molecule has 0 saturated carbocycles. The van der Waals surface area contributed by atoms with Crippen molar-refractivity contribution in [2.45, 2.75) is 6.42 Å². The Bertz CT molecular complexity index is 1300. The Labute approximate surface area is 179 Å². The number of rotatable bonds is 4. The highest BCUT2D eigenvalue weighted by molar-refractivity contribution is 7.15. The number of amides is 2. The third-order valence-corrected chi connectivity index (χ3v) is 6.02. The zero-order chi connectivity index (χ0) is 21.5. The van der Waals surface area contributed by atoms with Gasteiger partial charge in [0.05, 0.1) is 11.6 Å². The van der Waals surface area contributed by atoms with Gasteiger partial charge in [0.1, 0.15) is 23.1 Å². The van der Waals surface area contributed by atoms with Crippen molar-refractivity contribution in [2.24, 2.45) is 5.92 Å². The van der Waals surface area contributed by atoms with Gasteiger partial charge in [0.15, 0.2) is 4.96 Å². The molecule has 3 heterocycles. The molecule has 2 aromatic carbocycles. The number of nitrogens with one attached hydrogen (secondary N) is 1. The van der Waals surface area contributed by atoms with Gasteiger partial charge in [0.25, 0.3) is 0 Å². The number of nitrogens with zero attached hydrogens (tertiary/aromatic N) is 3. The summed E-state index contributed by atoms with van der Waals surface area (Å²) in [5, 5.41) is 4.72. The van der Waals surface area contributed by atoms with Crippen LogP contribution in [0.5, 0.6) is 0 Å². The number of fused-ring (bicyclic) bond motifs is 1. The van der Waals surface area contributed by atoms with E-state index in [1.54, 1.807) is 34.9 Å². The van der Waals surface area contributed by atoms with Crippen LogP contribution < -0.4 is 10.2 Å². The summed E-state index contributed by atoms with van der Waals surface area (Å²) in [6.45, 7) is 0.0864. The Morgan fingerprint density at radius 2 is 1.90 bits per heavy atom. The van der Waals surface area contributed by atoms with Gasteiger partial charge in [-0.05, 0) is 36.4 Å². The van der Waals surface area contributed by atoms with Crippen molar-refractivity contribution in [1.29, 1.82) is 0 Å². The standard InChI is InChI=1S/C22H16F2N4O2S/c23-15-7-5-13(6-8-15)19-20(27-9-10-31-22(27)25-19)26-21(30)14-11-18(29)28(12-14)17-4-2-1-3-16(17)24/h1-10,14H,11-12H2,(H,26,30). The largest absolute Gasteiger partial charge is 0.310 e. The van der Waals surface area contributed by atoms with Gasteiger partial charge in [0, 0.05) is 30.1 Å². The first-order valence-corrected chi connectivity index (χ1v) is 10.5. The Hall–Kier alpha value is -3.59. The Balaban J connectivity index is 1.43. The molecule has 1 N–H and O–H groups in total. The second kappa shape index (κ2) is 7.59. The molecular weight excluding hydrogens is 422 g/mol. The fourth-order valence-corrected chi connectivity index (χ4v) is 4.43. The number of hydrogen-bond donors (Lipinski definition) is 1. The Morgan fingerprint density at radius 1 is 1.13 bits per heavy atom. The van der Waals surface area contributed by atoms with Crippen LogP contribution in [0, 0.1) is 17.6 Å². The molecule has 1 saturated heterocycles. The third-order valence-electron chi connectivity index (χ3n) is 5.26. The lowest BCUT2D eigenvalue weighted by atomic mass is 10.1. The van der Waals surface area contributed by atoms with E-state index in [0.29, 0.717) is 22.0 Å². The molecule has 0 bridgehead atoms. The van der Waals surface area contributed by atoms with Crippen molar-refractivity contribution in [1.82, 2.24) is 9.38 Å². The van der Waals surface area contributed by atoms with Crippen LogP contribution in [0.1, 0.15) is 6.42 Å². The van der Waals surface area contributed by atoms with Crippen LogP contribution in [0.2, 0.25) is 0 Å². The molecule has 0 radical (unpaired) electrons. The van der Waals surface area contributed by atoms with E-state index in [1.807, 2.05) is 5.38 Å². The number of para-hydroxylation sites is 1. The van der Waals surface area contributed by atoms with E-state index in [9.17, 15) is 18.4 Å². The van der Waals surface area contributed by atoms with Gasteiger partial charge in [-0.3, -0.25) is 14.0 Å². The van der Waals surface area contributed by atoms with Gasteiger partial charge in [-0.15, -0.1) is 11.3 Å². The summed E-state index contributed by atoms with van der Waals surface area (Å²) in [7, 11) is 0. The van der Waals surface area contributed by atoms with Crippen molar-refractivity contribution >= 4 is 39.6 Å². The first-order valence-electron chi connectivity index (χ1n) is 9.58. The molecule has 1 fully saturated rings. The van der Waals surface area contributed by atoms with Crippen LogP contribution in [-0.2, 0) is 9.59 Å². The summed E-state index contributed by atoms with van der Waals surface area (Å²) < 4.78 is 29.2. The van der Waals surface area contributed by atoms with Crippen molar-refractivity contribution < 1.29 is 18.4 Å². The fraction of sp³-hybridized carbons (Fsp3) is 0.136. The molecule has 4 aromatic rings. The van der Waals surface area contributed by atoms with E-state index in [2.05, 4.69) is 10.3 Å². The van der Waals surface area contributed by atoms with Crippen LogP contribution >= 0.6 is 11.3 Å². The van der Waals surface area contributed by atoms with E-state index in [1.165, 1.54) is 40.5 Å². The normalized spacial score (nSPS) is 16.3. The number of halogens is 2. The van der Waals surface area contributed by atoms with Crippen LogP contribution in [0.3, 0.4) is 0 Å². The fourth-order valence-electron chi connectivity index (χ4n) is 3.72. The average molecular weight is 438 g/mol. The summed E-state index contributed by atoms with van der Waals surface area (Å²) in [6.07, 6.45) is 1.76. The van der Waals surface area contributed by atoms with Gasteiger partial charge in [-0.25, -0.2) is 13.8 Å². The molecule has 2 aromatic heterocycles. The van der Waals surface area contributed by atoms with Crippen LogP contribution in [0.15, 0.2) is 60.1 Å². The number of carbonyl (C=O) groups is 2. The predicted octanol–water partition coefficient (Wildman–Crippen LogP) is 4.33. The van der Waals surface area contributed by atoms with Crippen molar-refractivity contribution in [3.05, 3.63) is 71.7 Å². The molecule has 6 nitrogen and oxygen atoms in total. The summed E-state index contributed by atoms with van der Waals surface area (Å²) in [4.78, 5) is 32.0. The molecule has 156 valence electrons. The van der Waals surface area contributed by atoms with E-state index in [4.69, 9.17) is 0 Å². The third kappa shape index (κ3) is 3.46. The molecule has 1 aliphatic heterocycles. The minimum Gasteiger partial charge on any atom is -0.310 e. The highest BCUT2D eigenvalue weighted by Crippen LogP contribution is 2.33. The van der Waals surface area contributed by atoms with Crippen molar-refractivity contribution in [2.75, 3.05) is 16.8 Å². The lowest BCUT2D eigenvalue weighted by Gasteiger charge is -2.17. The van der Waals surface area contributed by atoms with Gasteiger partial charge >= 0.3 is 0 Å². The zero-order valence-electron chi connectivity index (χ0n) is 16.1. The summed E-state index contributed by atoms with van der Waals surface area (Å²) in [6, 6.07) is 11.8. The molecule has 9 heteroatoms. The quantitative estimate of drug-likeness (QED) is 0.516. The Morgan fingerprint density at radius 3 is 2.68 bits per heavy atom. The summed E-state index contributed by atoms with van der Waals surface area (Å²) in [5.41, 5.74) is 1.33. The monoisotopic (exact) mass is 438 g/mol. The van der Waals surface area contributed by atoms with Crippen LogP contribution in [0.25, 0.3) is 16.2 Å². The molecule has 0 aliphatic carbocycles. The molecular formula is C22H16F2N4O2S. The minimum atomic E-state index is -0.641. The van der Waals surface area contributed by atoms with Gasteiger partial charge in [-0.1, -0.05) is 12.1 Å². The van der Waals surface area contributed by atoms with Crippen LogP contribution in [0.4, 0.5) is 20.3 Å². The number of benzene rings is 2. The number of anilines is 2. The maximum atomic E-state index is 14.1. The summed E-state index contributed by atoms with van der Waals surface area (Å²) >= 11 is 1.40.